The van der Waals surface area contributed by atoms with Gasteiger partial charge in [-0.3, -0.25) is 4.79 Å². The number of para-hydroxylation sites is 1. The number of allylic oxidation sites excluding steroid dienone is 1. The van der Waals surface area contributed by atoms with Gasteiger partial charge in [0.1, 0.15) is 0 Å². The van der Waals surface area contributed by atoms with E-state index in [0.717, 1.165) is 22.5 Å². The highest BCUT2D eigenvalue weighted by Gasteiger charge is 2.01. The smallest absolute Gasteiger partial charge is 0.259 e. The molecule has 2 aromatic carbocycles. The second-order valence-electron chi connectivity index (χ2n) is 5.20. The molecule has 0 atom stereocenters. The van der Waals surface area contributed by atoms with Crippen LogP contribution < -0.4 is 10.7 Å². The summed E-state index contributed by atoms with van der Waals surface area (Å²) in [4.78, 5) is 11.8. The normalized spacial score (nSPS) is 11.5. The van der Waals surface area contributed by atoms with Crippen molar-refractivity contribution >= 4 is 23.4 Å². The molecule has 0 heterocycles. The van der Waals surface area contributed by atoms with Gasteiger partial charge in [-0.25, -0.2) is 5.43 Å². The first-order valence-corrected chi connectivity index (χ1v) is 7.51. The lowest BCUT2D eigenvalue weighted by Crippen LogP contribution is -2.26. The number of hydrogen-bond acceptors (Lipinski definition) is 3. The first kappa shape index (κ1) is 16.5. The summed E-state index contributed by atoms with van der Waals surface area (Å²) in [6, 6.07) is 17.8. The zero-order chi connectivity index (χ0) is 16.5. The predicted molar refractivity (Wildman–Crippen MR) is 96.4 cm³/mol. The van der Waals surface area contributed by atoms with Crippen LogP contribution in [0.15, 0.2) is 65.8 Å². The Morgan fingerprint density at radius 2 is 1.78 bits per heavy atom. The van der Waals surface area contributed by atoms with Crippen molar-refractivity contribution in [3.05, 3.63) is 71.8 Å². The molecule has 0 aliphatic heterocycles. The molecule has 0 unspecified atom stereocenters. The summed E-state index contributed by atoms with van der Waals surface area (Å²) in [7, 11) is 0. The fourth-order valence-corrected chi connectivity index (χ4v) is 1.96. The Balaban J connectivity index is 1.81. The highest BCUT2D eigenvalue weighted by Crippen LogP contribution is 2.12. The number of aryl methyl sites for hydroxylation is 1. The van der Waals surface area contributed by atoms with Gasteiger partial charge in [0.25, 0.3) is 5.91 Å². The van der Waals surface area contributed by atoms with Crippen molar-refractivity contribution in [2.24, 2.45) is 5.10 Å². The van der Waals surface area contributed by atoms with Gasteiger partial charge in [0.05, 0.1) is 12.3 Å². The SMILES string of the molecule is CC(C=Cc1ccccc1)=NNC(=O)CNc1ccccc1C. The lowest BCUT2D eigenvalue weighted by atomic mass is 10.2. The number of nitrogens with zero attached hydrogens (tertiary/aromatic N) is 1. The Bertz CT molecular complexity index is 706. The van der Waals surface area contributed by atoms with Gasteiger partial charge in [-0.15, -0.1) is 0 Å². The topological polar surface area (TPSA) is 53.5 Å². The Morgan fingerprint density at radius 3 is 2.52 bits per heavy atom. The molecule has 2 N–H and O–H groups in total. The number of anilines is 1. The van der Waals surface area contributed by atoms with Crippen molar-refractivity contribution in [3.63, 3.8) is 0 Å². The van der Waals surface area contributed by atoms with E-state index in [1.807, 2.05) is 80.6 Å². The van der Waals surface area contributed by atoms with Crippen LogP contribution in [-0.2, 0) is 4.79 Å². The first-order valence-electron chi connectivity index (χ1n) is 7.51. The van der Waals surface area contributed by atoms with E-state index in [-0.39, 0.29) is 12.5 Å². The second kappa shape index (κ2) is 8.54. The van der Waals surface area contributed by atoms with Crippen LogP contribution in [0.25, 0.3) is 6.08 Å². The molecule has 0 bridgehead atoms. The summed E-state index contributed by atoms with van der Waals surface area (Å²) in [5.41, 5.74) is 6.42. The van der Waals surface area contributed by atoms with Crippen molar-refractivity contribution in [2.45, 2.75) is 13.8 Å². The first-order chi connectivity index (χ1) is 11.1. The highest BCUT2D eigenvalue weighted by molar-refractivity contribution is 5.97. The summed E-state index contributed by atoms with van der Waals surface area (Å²) in [6.45, 7) is 4.02. The van der Waals surface area contributed by atoms with Crippen molar-refractivity contribution in [1.29, 1.82) is 0 Å². The number of nitrogens with one attached hydrogen (secondary N) is 2. The summed E-state index contributed by atoms with van der Waals surface area (Å²) >= 11 is 0. The molecule has 0 aromatic heterocycles. The molecule has 0 aliphatic carbocycles. The molecule has 4 heteroatoms. The van der Waals surface area contributed by atoms with Crippen LogP contribution in [-0.4, -0.2) is 18.2 Å². The van der Waals surface area contributed by atoms with E-state index in [4.69, 9.17) is 0 Å². The fraction of sp³-hybridized carbons (Fsp3) is 0.158. The standard InChI is InChI=1S/C19H21N3O/c1-15-8-6-7-11-18(15)20-14-19(23)22-21-16(2)12-13-17-9-4-3-5-10-17/h3-13,20H,14H2,1-2H3,(H,22,23). The van der Waals surface area contributed by atoms with Gasteiger partial charge in [0.2, 0.25) is 0 Å². The predicted octanol–water partition coefficient (Wildman–Crippen LogP) is 3.61. The minimum absolute atomic E-state index is 0.180. The van der Waals surface area contributed by atoms with Crippen LogP contribution in [0, 0.1) is 6.92 Å². The molecular formula is C19H21N3O. The van der Waals surface area contributed by atoms with Crippen molar-refractivity contribution in [1.82, 2.24) is 5.43 Å². The van der Waals surface area contributed by atoms with Crippen molar-refractivity contribution < 1.29 is 4.79 Å². The minimum atomic E-state index is -0.180. The number of benzene rings is 2. The van der Waals surface area contributed by atoms with Gasteiger partial charge in [0.15, 0.2) is 0 Å². The fourth-order valence-electron chi connectivity index (χ4n) is 1.96. The molecule has 23 heavy (non-hydrogen) atoms. The molecule has 0 spiro atoms. The van der Waals surface area contributed by atoms with E-state index in [1.165, 1.54) is 0 Å². The molecule has 0 aliphatic rings. The van der Waals surface area contributed by atoms with Gasteiger partial charge in [-0.1, -0.05) is 54.6 Å². The van der Waals surface area contributed by atoms with Crippen LogP contribution in [0.5, 0.6) is 0 Å². The third-order valence-electron chi connectivity index (χ3n) is 3.26. The maximum atomic E-state index is 11.8. The molecule has 0 radical (unpaired) electrons. The molecule has 0 fully saturated rings. The van der Waals surface area contributed by atoms with Gasteiger partial charge >= 0.3 is 0 Å². The van der Waals surface area contributed by atoms with Crippen molar-refractivity contribution in [2.75, 3.05) is 11.9 Å². The summed E-state index contributed by atoms with van der Waals surface area (Å²) in [5, 5.41) is 7.16. The number of amides is 1. The van der Waals surface area contributed by atoms with Gasteiger partial charge in [-0.05, 0) is 37.1 Å². The largest absolute Gasteiger partial charge is 0.376 e. The average Bonchev–Trinajstić information content (AvgIpc) is 2.58. The van der Waals surface area contributed by atoms with Gasteiger partial charge < -0.3 is 5.32 Å². The molecule has 118 valence electrons. The number of hydrazone groups is 1. The van der Waals surface area contributed by atoms with Crippen LogP contribution in [0.4, 0.5) is 5.69 Å². The minimum Gasteiger partial charge on any atom is -0.376 e. The monoisotopic (exact) mass is 307 g/mol. The maximum absolute atomic E-state index is 11.8. The van der Waals surface area contributed by atoms with Crippen LogP contribution in [0.3, 0.4) is 0 Å². The Morgan fingerprint density at radius 1 is 1.09 bits per heavy atom. The van der Waals surface area contributed by atoms with Crippen LogP contribution in [0.2, 0.25) is 0 Å². The lowest BCUT2D eigenvalue weighted by Gasteiger charge is -2.08. The number of hydrogen-bond donors (Lipinski definition) is 2. The zero-order valence-electron chi connectivity index (χ0n) is 13.4. The second-order valence-corrected chi connectivity index (χ2v) is 5.20. The highest BCUT2D eigenvalue weighted by atomic mass is 16.2. The lowest BCUT2D eigenvalue weighted by molar-refractivity contribution is -0.119. The van der Waals surface area contributed by atoms with E-state index in [9.17, 15) is 4.79 Å². The van der Waals surface area contributed by atoms with E-state index in [1.54, 1.807) is 0 Å². The molecule has 2 rings (SSSR count). The molecule has 0 saturated carbocycles. The summed E-state index contributed by atoms with van der Waals surface area (Å²) in [6.07, 6.45) is 3.82. The zero-order valence-corrected chi connectivity index (χ0v) is 13.4. The van der Waals surface area contributed by atoms with E-state index < -0.39 is 0 Å². The number of carbonyl (C=O) groups is 1. The third-order valence-corrected chi connectivity index (χ3v) is 3.26. The molecule has 0 saturated heterocycles. The van der Waals surface area contributed by atoms with Gasteiger partial charge in [-0.2, -0.15) is 5.10 Å². The van der Waals surface area contributed by atoms with E-state index in [2.05, 4.69) is 15.8 Å². The summed E-state index contributed by atoms with van der Waals surface area (Å²) in [5.74, 6) is -0.180. The van der Waals surface area contributed by atoms with Crippen LogP contribution >= 0.6 is 0 Å². The Hall–Kier alpha value is -2.88. The van der Waals surface area contributed by atoms with Crippen LogP contribution in [0.1, 0.15) is 18.1 Å². The Kier molecular flexibility index (Phi) is 6.12. The molecule has 2 aromatic rings. The molecule has 4 nitrogen and oxygen atoms in total. The average molecular weight is 307 g/mol. The van der Waals surface area contributed by atoms with Crippen molar-refractivity contribution in [3.8, 4) is 0 Å². The Labute approximate surface area is 136 Å². The maximum Gasteiger partial charge on any atom is 0.259 e. The number of carbonyl (C=O) groups excluding carboxylic acids is 1. The molecule has 1 amide bonds. The third kappa shape index (κ3) is 5.79. The molecular weight excluding hydrogens is 286 g/mol. The quantitative estimate of drug-likeness (QED) is 0.632. The van der Waals surface area contributed by atoms with E-state index >= 15 is 0 Å². The van der Waals surface area contributed by atoms with E-state index in [0.29, 0.717) is 0 Å². The van der Waals surface area contributed by atoms with Gasteiger partial charge in [0, 0.05) is 5.69 Å². The summed E-state index contributed by atoms with van der Waals surface area (Å²) < 4.78 is 0. The number of rotatable bonds is 6.